The Balaban J connectivity index is 2.23. The van der Waals surface area contributed by atoms with E-state index in [1.54, 1.807) is 13.0 Å². The molecule has 1 aromatic carbocycles. The van der Waals surface area contributed by atoms with Crippen LogP contribution in [0.5, 0.6) is 0 Å². The average molecular weight is 232 g/mol. The van der Waals surface area contributed by atoms with Crippen molar-refractivity contribution in [3.8, 4) is 0 Å². The number of fused-ring (bicyclic) bond motifs is 1. The zero-order valence-corrected chi connectivity index (χ0v) is 9.32. The average Bonchev–Trinajstić information content (AvgIpc) is 2.30. The van der Waals surface area contributed by atoms with Gasteiger partial charge in [0.25, 0.3) is 5.91 Å². The minimum atomic E-state index is -0.537. The normalized spacial score (nSPS) is 15.8. The Morgan fingerprint density at radius 1 is 1.29 bits per heavy atom. The summed E-state index contributed by atoms with van der Waals surface area (Å²) in [4.78, 5) is 22.9. The van der Waals surface area contributed by atoms with Gasteiger partial charge in [0.2, 0.25) is 0 Å². The van der Waals surface area contributed by atoms with E-state index < -0.39 is 5.97 Å². The highest BCUT2D eigenvalue weighted by molar-refractivity contribution is 6.13. The molecule has 0 fully saturated rings. The van der Waals surface area contributed by atoms with Crippen molar-refractivity contribution in [2.75, 3.05) is 17.2 Å². The maximum atomic E-state index is 11.6. The summed E-state index contributed by atoms with van der Waals surface area (Å²) in [6.07, 6.45) is 1.15. The Kier molecular flexibility index (Phi) is 3.09. The first-order chi connectivity index (χ1) is 8.20. The van der Waals surface area contributed by atoms with Gasteiger partial charge in [-0.05, 0) is 19.1 Å². The molecule has 0 aliphatic carbocycles. The molecule has 1 aliphatic rings. The molecular formula is C12H12N2O3. The van der Waals surface area contributed by atoms with E-state index in [1.165, 1.54) is 0 Å². The van der Waals surface area contributed by atoms with Crippen LogP contribution in [0, 0.1) is 0 Å². The van der Waals surface area contributed by atoms with Crippen molar-refractivity contribution in [3.63, 3.8) is 0 Å². The standard InChI is InChI=1S/C12H12N2O3/c1-2-17-11(15)7-10-12(16)14-9-6-4-3-5-8(9)13-10/h3-7,13H,2H2,1H3,(H,14,16). The lowest BCUT2D eigenvalue weighted by Crippen LogP contribution is -2.26. The highest BCUT2D eigenvalue weighted by Gasteiger charge is 2.19. The number of hydrogen-bond donors (Lipinski definition) is 2. The number of ether oxygens (including phenoxy) is 1. The van der Waals surface area contributed by atoms with Crippen LogP contribution < -0.4 is 10.6 Å². The van der Waals surface area contributed by atoms with Crippen molar-refractivity contribution in [1.29, 1.82) is 0 Å². The number of carbonyl (C=O) groups is 2. The number of rotatable bonds is 2. The predicted molar refractivity (Wildman–Crippen MR) is 63.4 cm³/mol. The molecule has 1 aliphatic heterocycles. The topological polar surface area (TPSA) is 67.4 Å². The maximum Gasteiger partial charge on any atom is 0.333 e. The van der Waals surface area contributed by atoms with Crippen LogP contribution in [0.1, 0.15) is 6.92 Å². The number of nitrogens with one attached hydrogen (secondary N) is 2. The van der Waals surface area contributed by atoms with E-state index in [0.29, 0.717) is 5.69 Å². The van der Waals surface area contributed by atoms with Crippen LogP contribution in [0.2, 0.25) is 0 Å². The molecule has 17 heavy (non-hydrogen) atoms. The van der Waals surface area contributed by atoms with Crippen molar-refractivity contribution in [2.45, 2.75) is 6.92 Å². The van der Waals surface area contributed by atoms with Crippen LogP contribution in [0.3, 0.4) is 0 Å². The second-order valence-electron chi connectivity index (χ2n) is 3.43. The molecule has 1 amide bonds. The van der Waals surface area contributed by atoms with Gasteiger partial charge in [-0.3, -0.25) is 4.79 Å². The van der Waals surface area contributed by atoms with E-state index >= 15 is 0 Å². The lowest BCUT2D eigenvalue weighted by atomic mass is 10.2. The number of hydrogen-bond acceptors (Lipinski definition) is 4. The summed E-state index contributed by atoms with van der Waals surface area (Å²) in [7, 11) is 0. The minimum Gasteiger partial charge on any atom is -0.463 e. The van der Waals surface area contributed by atoms with E-state index in [9.17, 15) is 9.59 Å². The fourth-order valence-electron chi connectivity index (χ4n) is 1.50. The third-order valence-corrected chi connectivity index (χ3v) is 2.24. The lowest BCUT2D eigenvalue weighted by Gasteiger charge is -2.20. The third-order valence-electron chi connectivity index (χ3n) is 2.24. The Morgan fingerprint density at radius 2 is 1.94 bits per heavy atom. The first-order valence-electron chi connectivity index (χ1n) is 5.26. The van der Waals surface area contributed by atoms with Crippen molar-refractivity contribution in [2.24, 2.45) is 0 Å². The Bertz CT molecular complexity index is 494. The molecule has 0 saturated carbocycles. The van der Waals surface area contributed by atoms with Gasteiger partial charge >= 0.3 is 5.97 Å². The van der Waals surface area contributed by atoms with E-state index in [4.69, 9.17) is 4.74 Å². The van der Waals surface area contributed by atoms with Crippen LogP contribution in [-0.2, 0) is 14.3 Å². The quantitative estimate of drug-likeness (QED) is 0.599. The molecule has 5 heteroatoms. The molecule has 0 unspecified atom stereocenters. The molecule has 0 spiro atoms. The van der Waals surface area contributed by atoms with Crippen LogP contribution >= 0.6 is 0 Å². The van der Waals surface area contributed by atoms with Gasteiger partial charge < -0.3 is 15.4 Å². The van der Waals surface area contributed by atoms with Gasteiger partial charge in [-0.25, -0.2) is 4.79 Å². The van der Waals surface area contributed by atoms with Gasteiger partial charge in [-0.15, -0.1) is 0 Å². The van der Waals surface area contributed by atoms with Gasteiger partial charge in [-0.1, -0.05) is 12.1 Å². The first-order valence-corrected chi connectivity index (χ1v) is 5.26. The molecule has 0 radical (unpaired) electrons. The molecule has 88 valence electrons. The number of esters is 1. The fraction of sp³-hybridized carbons (Fsp3) is 0.167. The predicted octanol–water partition coefficient (Wildman–Crippen LogP) is 1.50. The summed E-state index contributed by atoms with van der Waals surface area (Å²) in [5.74, 6) is -0.888. The Morgan fingerprint density at radius 3 is 2.59 bits per heavy atom. The summed E-state index contributed by atoms with van der Waals surface area (Å²) < 4.78 is 4.75. The summed E-state index contributed by atoms with van der Waals surface area (Å²) in [5, 5.41) is 5.56. The molecule has 1 heterocycles. The molecule has 1 aromatic rings. The van der Waals surface area contributed by atoms with Gasteiger partial charge in [0.1, 0.15) is 5.70 Å². The fourth-order valence-corrected chi connectivity index (χ4v) is 1.50. The van der Waals surface area contributed by atoms with Crippen LogP contribution in [-0.4, -0.2) is 18.5 Å². The molecular weight excluding hydrogens is 220 g/mol. The van der Waals surface area contributed by atoms with Crippen molar-refractivity contribution in [1.82, 2.24) is 0 Å². The molecule has 2 N–H and O–H groups in total. The molecule has 0 aromatic heterocycles. The highest BCUT2D eigenvalue weighted by Crippen LogP contribution is 2.26. The van der Waals surface area contributed by atoms with Crippen molar-refractivity contribution < 1.29 is 14.3 Å². The van der Waals surface area contributed by atoms with Gasteiger partial charge in [-0.2, -0.15) is 0 Å². The second kappa shape index (κ2) is 4.69. The maximum absolute atomic E-state index is 11.6. The van der Waals surface area contributed by atoms with E-state index in [1.807, 2.05) is 18.2 Å². The van der Waals surface area contributed by atoms with Crippen LogP contribution in [0.25, 0.3) is 0 Å². The zero-order chi connectivity index (χ0) is 12.3. The SMILES string of the molecule is CCOC(=O)C=C1Nc2ccccc2NC1=O. The number of amides is 1. The largest absolute Gasteiger partial charge is 0.463 e. The second-order valence-corrected chi connectivity index (χ2v) is 3.43. The van der Waals surface area contributed by atoms with E-state index in [-0.39, 0.29) is 18.2 Å². The molecule has 0 bridgehead atoms. The molecule has 0 atom stereocenters. The highest BCUT2D eigenvalue weighted by atomic mass is 16.5. The summed E-state index contributed by atoms with van der Waals surface area (Å²) in [6, 6.07) is 7.25. The number of anilines is 2. The van der Waals surface area contributed by atoms with Crippen molar-refractivity contribution >= 4 is 23.3 Å². The third kappa shape index (κ3) is 2.44. The lowest BCUT2D eigenvalue weighted by molar-refractivity contribution is -0.137. The monoisotopic (exact) mass is 232 g/mol. The zero-order valence-electron chi connectivity index (χ0n) is 9.32. The van der Waals surface area contributed by atoms with E-state index in [2.05, 4.69) is 10.6 Å². The minimum absolute atomic E-state index is 0.183. The Hall–Kier alpha value is -2.30. The number of benzene rings is 1. The van der Waals surface area contributed by atoms with Gasteiger partial charge in [0, 0.05) is 0 Å². The molecule has 2 rings (SSSR count). The first kappa shape index (κ1) is 11.2. The smallest absolute Gasteiger partial charge is 0.333 e. The summed E-state index contributed by atoms with van der Waals surface area (Å²) in [6.45, 7) is 1.99. The summed E-state index contributed by atoms with van der Waals surface area (Å²) >= 11 is 0. The van der Waals surface area contributed by atoms with Crippen molar-refractivity contribution in [3.05, 3.63) is 36.0 Å². The summed E-state index contributed by atoms with van der Waals surface area (Å²) in [5.41, 5.74) is 1.63. The van der Waals surface area contributed by atoms with Gasteiger partial charge in [0.05, 0.1) is 24.1 Å². The Labute approximate surface area is 98.5 Å². The number of carbonyl (C=O) groups excluding carboxylic acids is 2. The molecule has 0 saturated heterocycles. The van der Waals surface area contributed by atoms with E-state index in [0.717, 1.165) is 11.8 Å². The van der Waals surface area contributed by atoms with Crippen LogP contribution in [0.4, 0.5) is 11.4 Å². The molecule has 5 nitrogen and oxygen atoms in total. The van der Waals surface area contributed by atoms with Crippen LogP contribution in [0.15, 0.2) is 36.0 Å². The number of para-hydroxylation sites is 2. The van der Waals surface area contributed by atoms with Gasteiger partial charge in [0.15, 0.2) is 0 Å².